The summed E-state index contributed by atoms with van der Waals surface area (Å²) in [7, 11) is 0. The first-order valence-electron chi connectivity index (χ1n) is 5.66. The Morgan fingerprint density at radius 3 is 2.65 bits per heavy atom. The Hall–Kier alpha value is -1.65. The monoisotopic (exact) mass is 236 g/mol. The first-order valence-corrected chi connectivity index (χ1v) is 5.66. The second kappa shape index (κ2) is 5.12. The van der Waals surface area contributed by atoms with E-state index in [0.717, 1.165) is 0 Å². The molecule has 0 aliphatic heterocycles. The summed E-state index contributed by atoms with van der Waals surface area (Å²) in [5.41, 5.74) is 5.89. The van der Waals surface area contributed by atoms with Gasteiger partial charge in [-0.05, 0) is 11.3 Å². The highest BCUT2D eigenvalue weighted by molar-refractivity contribution is 5.92. The van der Waals surface area contributed by atoms with Crippen molar-refractivity contribution in [3.8, 4) is 0 Å². The van der Waals surface area contributed by atoms with Crippen LogP contribution in [0.2, 0.25) is 0 Å². The number of anilines is 1. The van der Waals surface area contributed by atoms with E-state index in [0.29, 0.717) is 12.5 Å². The van der Waals surface area contributed by atoms with Crippen molar-refractivity contribution in [3.05, 3.63) is 18.1 Å². The number of nitrogens with zero attached hydrogens (tertiary/aromatic N) is 2. The van der Waals surface area contributed by atoms with Gasteiger partial charge in [-0.2, -0.15) is 0 Å². The average molecular weight is 236 g/mol. The van der Waals surface area contributed by atoms with Gasteiger partial charge in [0.1, 0.15) is 11.5 Å². The first-order chi connectivity index (χ1) is 7.80. The number of hydrogen-bond acceptors (Lipinski definition) is 4. The van der Waals surface area contributed by atoms with Crippen LogP contribution in [0.1, 0.15) is 38.2 Å². The molecule has 0 spiro atoms. The van der Waals surface area contributed by atoms with E-state index in [1.165, 1.54) is 12.4 Å². The SMILES string of the molecule is CC(CNC(=O)c1cncc(N)n1)C(C)(C)C. The Bertz CT molecular complexity index is 398. The van der Waals surface area contributed by atoms with E-state index in [-0.39, 0.29) is 22.8 Å². The molecule has 0 aliphatic carbocycles. The fourth-order valence-corrected chi connectivity index (χ4v) is 1.13. The second-order valence-corrected chi connectivity index (χ2v) is 5.31. The summed E-state index contributed by atoms with van der Waals surface area (Å²) in [6.45, 7) is 9.14. The van der Waals surface area contributed by atoms with Crippen LogP contribution >= 0.6 is 0 Å². The van der Waals surface area contributed by atoms with Crippen LogP contribution in [0.4, 0.5) is 5.82 Å². The maximum absolute atomic E-state index is 11.8. The van der Waals surface area contributed by atoms with E-state index in [4.69, 9.17) is 5.73 Å². The Balaban J connectivity index is 2.57. The lowest BCUT2D eigenvalue weighted by Gasteiger charge is -2.27. The smallest absolute Gasteiger partial charge is 0.271 e. The van der Waals surface area contributed by atoms with E-state index < -0.39 is 0 Å². The molecular weight excluding hydrogens is 216 g/mol. The summed E-state index contributed by atoms with van der Waals surface area (Å²) in [6, 6.07) is 0. The molecule has 1 heterocycles. The van der Waals surface area contributed by atoms with Gasteiger partial charge in [0.2, 0.25) is 0 Å². The predicted octanol–water partition coefficient (Wildman–Crippen LogP) is 1.47. The standard InChI is InChI=1S/C12H20N4O/c1-8(12(2,3)4)5-15-11(17)9-6-14-7-10(13)16-9/h6-8H,5H2,1-4H3,(H2,13,16)(H,15,17). The Morgan fingerprint density at radius 1 is 1.47 bits per heavy atom. The third-order valence-electron chi connectivity index (χ3n) is 2.93. The van der Waals surface area contributed by atoms with Gasteiger partial charge in [-0.25, -0.2) is 4.98 Å². The van der Waals surface area contributed by atoms with Gasteiger partial charge in [0.05, 0.1) is 12.4 Å². The molecule has 0 fully saturated rings. The number of nitrogens with one attached hydrogen (secondary N) is 1. The second-order valence-electron chi connectivity index (χ2n) is 5.31. The summed E-state index contributed by atoms with van der Waals surface area (Å²) in [4.78, 5) is 19.5. The van der Waals surface area contributed by atoms with Crippen LogP contribution < -0.4 is 11.1 Å². The Kier molecular flexibility index (Phi) is 4.04. The van der Waals surface area contributed by atoms with Gasteiger partial charge in [-0.3, -0.25) is 9.78 Å². The zero-order chi connectivity index (χ0) is 13.1. The lowest BCUT2D eigenvalue weighted by Crippen LogP contribution is -2.34. The molecule has 0 aromatic carbocycles. The van der Waals surface area contributed by atoms with E-state index in [1.54, 1.807) is 0 Å². The first kappa shape index (κ1) is 13.4. The maximum atomic E-state index is 11.8. The molecule has 0 saturated carbocycles. The summed E-state index contributed by atoms with van der Waals surface area (Å²) >= 11 is 0. The van der Waals surface area contributed by atoms with Crippen LogP contribution in [-0.2, 0) is 0 Å². The van der Waals surface area contributed by atoms with Crippen LogP contribution in [0.15, 0.2) is 12.4 Å². The van der Waals surface area contributed by atoms with Crippen molar-refractivity contribution in [1.29, 1.82) is 0 Å². The molecule has 5 nitrogen and oxygen atoms in total. The molecule has 94 valence electrons. The minimum atomic E-state index is -0.235. The van der Waals surface area contributed by atoms with Gasteiger partial charge in [0.25, 0.3) is 5.91 Å². The summed E-state index contributed by atoms with van der Waals surface area (Å²) < 4.78 is 0. The highest BCUT2D eigenvalue weighted by Crippen LogP contribution is 2.24. The van der Waals surface area contributed by atoms with Crippen LogP contribution in [-0.4, -0.2) is 22.4 Å². The summed E-state index contributed by atoms with van der Waals surface area (Å²) in [5, 5.41) is 2.84. The lowest BCUT2D eigenvalue weighted by molar-refractivity contribution is 0.0932. The van der Waals surface area contributed by atoms with Crippen molar-refractivity contribution in [1.82, 2.24) is 15.3 Å². The number of amides is 1. The number of nitrogen functional groups attached to an aromatic ring is 1. The van der Waals surface area contributed by atoms with Crippen molar-refractivity contribution < 1.29 is 4.79 Å². The van der Waals surface area contributed by atoms with Crippen LogP contribution in [0, 0.1) is 11.3 Å². The molecule has 0 bridgehead atoms. The zero-order valence-corrected chi connectivity index (χ0v) is 10.8. The highest BCUT2D eigenvalue weighted by Gasteiger charge is 2.20. The molecule has 3 N–H and O–H groups in total. The number of rotatable bonds is 3. The zero-order valence-electron chi connectivity index (χ0n) is 10.8. The Labute approximate surface area is 102 Å². The van der Waals surface area contributed by atoms with E-state index in [1.807, 2.05) is 0 Å². The number of aromatic nitrogens is 2. The molecule has 1 amide bonds. The third kappa shape index (κ3) is 4.01. The van der Waals surface area contributed by atoms with E-state index >= 15 is 0 Å². The highest BCUT2D eigenvalue weighted by atomic mass is 16.1. The molecular formula is C12H20N4O. The maximum Gasteiger partial charge on any atom is 0.271 e. The number of hydrogen-bond donors (Lipinski definition) is 2. The predicted molar refractivity (Wildman–Crippen MR) is 67.4 cm³/mol. The van der Waals surface area contributed by atoms with E-state index in [2.05, 4.69) is 43.0 Å². The Morgan fingerprint density at radius 2 is 2.12 bits per heavy atom. The van der Waals surface area contributed by atoms with Gasteiger partial charge in [-0.15, -0.1) is 0 Å². The molecule has 1 atom stereocenters. The fourth-order valence-electron chi connectivity index (χ4n) is 1.13. The van der Waals surface area contributed by atoms with Crippen molar-refractivity contribution >= 4 is 11.7 Å². The summed E-state index contributed by atoms with van der Waals surface area (Å²) in [5.74, 6) is 0.392. The van der Waals surface area contributed by atoms with Gasteiger partial charge in [-0.1, -0.05) is 27.7 Å². The van der Waals surface area contributed by atoms with Crippen molar-refractivity contribution in [2.75, 3.05) is 12.3 Å². The molecule has 1 aromatic rings. The third-order valence-corrected chi connectivity index (χ3v) is 2.93. The molecule has 1 unspecified atom stereocenters. The largest absolute Gasteiger partial charge is 0.382 e. The van der Waals surface area contributed by atoms with Gasteiger partial charge in [0, 0.05) is 6.54 Å². The number of carbonyl (C=O) groups excluding carboxylic acids is 1. The van der Waals surface area contributed by atoms with Crippen molar-refractivity contribution in [2.24, 2.45) is 11.3 Å². The van der Waals surface area contributed by atoms with Gasteiger partial charge in [0.15, 0.2) is 0 Å². The van der Waals surface area contributed by atoms with Crippen molar-refractivity contribution in [2.45, 2.75) is 27.7 Å². The molecule has 1 rings (SSSR count). The molecule has 0 aliphatic rings. The van der Waals surface area contributed by atoms with Crippen molar-refractivity contribution in [3.63, 3.8) is 0 Å². The normalized spacial score (nSPS) is 13.2. The number of nitrogens with two attached hydrogens (primary N) is 1. The average Bonchev–Trinajstić information content (AvgIpc) is 2.24. The summed E-state index contributed by atoms with van der Waals surface area (Å²) in [6.07, 6.45) is 2.82. The van der Waals surface area contributed by atoms with Gasteiger partial charge >= 0.3 is 0 Å². The van der Waals surface area contributed by atoms with Crippen LogP contribution in [0.5, 0.6) is 0 Å². The molecule has 1 aromatic heterocycles. The molecule has 0 radical (unpaired) electrons. The molecule has 5 heteroatoms. The van der Waals surface area contributed by atoms with Crippen LogP contribution in [0.25, 0.3) is 0 Å². The minimum Gasteiger partial charge on any atom is -0.382 e. The van der Waals surface area contributed by atoms with E-state index in [9.17, 15) is 4.79 Å². The lowest BCUT2D eigenvalue weighted by atomic mass is 9.82. The molecule has 0 saturated heterocycles. The van der Waals surface area contributed by atoms with Gasteiger partial charge < -0.3 is 11.1 Å². The quantitative estimate of drug-likeness (QED) is 0.832. The fraction of sp³-hybridized carbons (Fsp3) is 0.583. The molecule has 17 heavy (non-hydrogen) atoms. The topological polar surface area (TPSA) is 80.9 Å². The number of carbonyl (C=O) groups is 1. The minimum absolute atomic E-state index is 0.161. The van der Waals surface area contributed by atoms with Crippen LogP contribution in [0.3, 0.4) is 0 Å².